The fourth-order valence-corrected chi connectivity index (χ4v) is 2.20. The van der Waals surface area contributed by atoms with Crippen molar-refractivity contribution in [1.82, 2.24) is 10.2 Å². The van der Waals surface area contributed by atoms with Gasteiger partial charge in [0.15, 0.2) is 0 Å². The van der Waals surface area contributed by atoms with E-state index in [1.165, 1.54) is 11.1 Å². The third-order valence-electron chi connectivity index (χ3n) is 3.32. The average Bonchev–Trinajstić information content (AvgIpc) is 2.39. The number of rotatable bonds is 5. The fourth-order valence-electron chi connectivity index (χ4n) is 2.20. The monoisotopic (exact) mass is 250 g/mol. The number of hydrogen-bond donors (Lipinski definition) is 1. The summed E-state index contributed by atoms with van der Waals surface area (Å²) in [6.45, 7) is 10.2. The van der Waals surface area contributed by atoms with Crippen LogP contribution in [0.2, 0.25) is 0 Å². The van der Waals surface area contributed by atoms with Crippen LogP contribution in [-0.4, -0.2) is 37.2 Å². The molecule has 0 unspecified atom stereocenters. The second-order valence-electron chi connectivity index (χ2n) is 5.19. The summed E-state index contributed by atoms with van der Waals surface area (Å²) < 4.78 is 5.39. The predicted octanol–water partition coefficient (Wildman–Crippen LogP) is 2.26. The molecule has 1 aromatic carbocycles. The Hall–Kier alpha value is -0.900. The van der Waals surface area contributed by atoms with E-state index >= 15 is 0 Å². The van der Waals surface area contributed by atoms with Gasteiger partial charge in [0.25, 0.3) is 0 Å². The second-order valence-corrected chi connectivity index (χ2v) is 5.19. The van der Waals surface area contributed by atoms with Crippen molar-refractivity contribution in [2.75, 3.05) is 26.3 Å². The zero-order valence-corrected chi connectivity index (χ0v) is 11.5. The van der Waals surface area contributed by atoms with Gasteiger partial charge in [-0.1, -0.05) is 38.1 Å². The van der Waals surface area contributed by atoms with Crippen LogP contribution in [0.1, 0.15) is 26.4 Å². The van der Waals surface area contributed by atoms with E-state index in [4.69, 9.17) is 4.74 Å². The molecule has 3 heteroatoms. The minimum Gasteiger partial charge on any atom is -0.379 e. The molecule has 0 bridgehead atoms. The van der Waals surface area contributed by atoms with E-state index in [-0.39, 0.29) is 1.43 Å². The van der Waals surface area contributed by atoms with Crippen LogP contribution in [0.3, 0.4) is 0 Å². The summed E-state index contributed by atoms with van der Waals surface area (Å²) >= 11 is 0. The Kier molecular flexibility index (Phi) is 5.17. The van der Waals surface area contributed by atoms with Gasteiger partial charge in [-0.25, -0.2) is 0 Å². The molecule has 0 radical (unpaired) electrons. The topological polar surface area (TPSA) is 24.5 Å². The van der Waals surface area contributed by atoms with Crippen molar-refractivity contribution in [3.05, 3.63) is 35.4 Å². The van der Waals surface area contributed by atoms with E-state index in [1.807, 2.05) is 0 Å². The molecule has 1 aliphatic rings. The molecule has 0 spiro atoms. The molecule has 1 N–H and O–H groups in total. The summed E-state index contributed by atoms with van der Waals surface area (Å²) in [6, 6.07) is 9.26. The normalized spacial score (nSPS) is 17.3. The highest BCUT2D eigenvalue weighted by molar-refractivity contribution is 5.27. The summed E-state index contributed by atoms with van der Waals surface area (Å²) in [5, 5.41) is 3.50. The van der Waals surface area contributed by atoms with Gasteiger partial charge in [0.2, 0.25) is 0 Å². The van der Waals surface area contributed by atoms with Crippen molar-refractivity contribution in [1.29, 1.82) is 0 Å². The van der Waals surface area contributed by atoms with Crippen LogP contribution < -0.4 is 5.32 Å². The van der Waals surface area contributed by atoms with E-state index in [9.17, 15) is 0 Å². The number of nitrogens with zero attached hydrogens (tertiary/aromatic N) is 1. The zero-order valence-electron chi connectivity index (χ0n) is 11.5. The highest BCUT2D eigenvalue weighted by atomic mass is 16.5. The molecule has 1 saturated heterocycles. The number of nitrogens with one attached hydrogen (secondary N) is 1. The Labute approximate surface area is 112 Å². The second kappa shape index (κ2) is 6.88. The molecule has 1 aromatic rings. The number of hydrogen-bond acceptors (Lipinski definition) is 3. The third kappa shape index (κ3) is 4.09. The molecule has 1 aliphatic heterocycles. The van der Waals surface area contributed by atoms with Gasteiger partial charge < -0.3 is 10.1 Å². The SMILES string of the molecule is CC(C)NCc1ccccc1CN1CCOCC1.[HH]. The highest BCUT2D eigenvalue weighted by Gasteiger charge is 2.12. The first-order valence-electron chi connectivity index (χ1n) is 6.86. The maximum Gasteiger partial charge on any atom is 0.0594 e. The summed E-state index contributed by atoms with van der Waals surface area (Å²) in [5.74, 6) is 0. The van der Waals surface area contributed by atoms with Crippen molar-refractivity contribution in [2.24, 2.45) is 0 Å². The summed E-state index contributed by atoms with van der Waals surface area (Å²) in [4.78, 5) is 2.47. The van der Waals surface area contributed by atoms with Gasteiger partial charge in [0, 0.05) is 33.6 Å². The molecule has 0 aromatic heterocycles. The molecule has 102 valence electrons. The lowest BCUT2D eigenvalue weighted by Gasteiger charge is -2.27. The Balaban J connectivity index is 0.00000180. The lowest BCUT2D eigenvalue weighted by atomic mass is 10.1. The van der Waals surface area contributed by atoms with Crippen LogP contribution in [-0.2, 0) is 17.8 Å². The largest absolute Gasteiger partial charge is 0.379 e. The predicted molar refractivity (Wildman–Crippen MR) is 76.6 cm³/mol. The summed E-state index contributed by atoms with van der Waals surface area (Å²) in [5.41, 5.74) is 2.85. The van der Waals surface area contributed by atoms with Crippen LogP contribution in [0.15, 0.2) is 24.3 Å². The van der Waals surface area contributed by atoms with Crippen LogP contribution in [0.25, 0.3) is 0 Å². The Bertz CT molecular complexity index is 365. The van der Waals surface area contributed by atoms with Gasteiger partial charge in [-0.2, -0.15) is 0 Å². The van der Waals surface area contributed by atoms with Crippen molar-refractivity contribution in [2.45, 2.75) is 33.0 Å². The number of ether oxygens (including phenoxy) is 1. The first kappa shape index (κ1) is 13.5. The molecule has 0 aliphatic carbocycles. The molecule has 3 nitrogen and oxygen atoms in total. The minimum absolute atomic E-state index is 0. The first-order chi connectivity index (χ1) is 8.75. The molecule has 0 amide bonds. The zero-order chi connectivity index (χ0) is 12.8. The highest BCUT2D eigenvalue weighted by Crippen LogP contribution is 2.13. The Morgan fingerprint density at radius 2 is 1.89 bits per heavy atom. The van der Waals surface area contributed by atoms with Gasteiger partial charge in [0.1, 0.15) is 0 Å². The van der Waals surface area contributed by atoms with Crippen LogP contribution in [0.5, 0.6) is 0 Å². The van der Waals surface area contributed by atoms with Gasteiger partial charge in [0.05, 0.1) is 13.2 Å². The minimum atomic E-state index is 0. The van der Waals surface area contributed by atoms with Crippen molar-refractivity contribution < 1.29 is 6.16 Å². The van der Waals surface area contributed by atoms with E-state index in [2.05, 4.69) is 48.3 Å². The third-order valence-corrected chi connectivity index (χ3v) is 3.32. The molecule has 0 atom stereocenters. The Morgan fingerprint density at radius 1 is 1.22 bits per heavy atom. The van der Waals surface area contributed by atoms with Crippen LogP contribution in [0, 0.1) is 0 Å². The average molecular weight is 250 g/mol. The van der Waals surface area contributed by atoms with Gasteiger partial charge in [-0.05, 0) is 11.1 Å². The smallest absolute Gasteiger partial charge is 0.0594 e. The molecule has 2 rings (SSSR count). The lowest BCUT2D eigenvalue weighted by Crippen LogP contribution is -2.36. The van der Waals surface area contributed by atoms with E-state index < -0.39 is 0 Å². The molecular weight excluding hydrogens is 224 g/mol. The molecule has 0 saturated carbocycles. The van der Waals surface area contributed by atoms with E-state index in [0.29, 0.717) is 6.04 Å². The number of morpholine rings is 1. The maximum absolute atomic E-state index is 5.39. The van der Waals surface area contributed by atoms with Crippen LogP contribution in [0.4, 0.5) is 0 Å². The Morgan fingerprint density at radius 3 is 2.56 bits per heavy atom. The van der Waals surface area contributed by atoms with E-state index in [1.54, 1.807) is 0 Å². The quantitative estimate of drug-likeness (QED) is 0.867. The van der Waals surface area contributed by atoms with Crippen LogP contribution >= 0.6 is 0 Å². The van der Waals surface area contributed by atoms with Gasteiger partial charge in [-0.15, -0.1) is 0 Å². The molecule has 1 heterocycles. The fraction of sp³-hybridized carbons (Fsp3) is 0.600. The van der Waals surface area contributed by atoms with Gasteiger partial charge in [-0.3, -0.25) is 4.90 Å². The van der Waals surface area contributed by atoms with Gasteiger partial charge >= 0.3 is 0 Å². The molecule has 18 heavy (non-hydrogen) atoms. The molecular formula is C15H26N2O. The first-order valence-corrected chi connectivity index (χ1v) is 6.86. The maximum atomic E-state index is 5.39. The van der Waals surface area contributed by atoms with Crippen molar-refractivity contribution >= 4 is 0 Å². The summed E-state index contributed by atoms with van der Waals surface area (Å²) in [7, 11) is 0. The van der Waals surface area contributed by atoms with Crippen molar-refractivity contribution in [3.8, 4) is 0 Å². The van der Waals surface area contributed by atoms with E-state index in [0.717, 1.165) is 39.4 Å². The lowest BCUT2D eigenvalue weighted by molar-refractivity contribution is 0.0340. The van der Waals surface area contributed by atoms with Crippen molar-refractivity contribution in [3.63, 3.8) is 0 Å². The number of benzene rings is 1. The standard InChI is InChI=1S/C15H24N2O.H2/c1-13(2)16-11-14-5-3-4-6-15(14)12-17-7-9-18-10-8-17;/h3-6,13,16H,7-12H2,1-2H3;1H. The summed E-state index contributed by atoms with van der Waals surface area (Å²) in [6.07, 6.45) is 0. The molecule has 1 fully saturated rings.